The first-order chi connectivity index (χ1) is 13.1. The van der Waals surface area contributed by atoms with Crippen LogP contribution in [0.5, 0.6) is 0 Å². The van der Waals surface area contributed by atoms with Crippen molar-refractivity contribution in [3.8, 4) is 0 Å². The average Bonchev–Trinajstić information content (AvgIpc) is 2.88. The number of guanidine groups is 1. The summed E-state index contributed by atoms with van der Waals surface area (Å²) in [5, 5.41) is 21.5. The molecule has 1 heterocycles. The van der Waals surface area contributed by atoms with Gasteiger partial charge in [0.05, 0.1) is 18.3 Å². The van der Waals surface area contributed by atoms with Crippen molar-refractivity contribution in [3.63, 3.8) is 0 Å². The maximum Gasteiger partial charge on any atom is 0.191 e. The van der Waals surface area contributed by atoms with E-state index in [1.165, 1.54) is 5.56 Å². The van der Waals surface area contributed by atoms with Crippen LogP contribution in [0.1, 0.15) is 61.9 Å². The number of benzene rings is 1. The maximum absolute atomic E-state index is 10.5. The smallest absolute Gasteiger partial charge is 0.191 e. The van der Waals surface area contributed by atoms with Gasteiger partial charge in [-0.05, 0) is 37.3 Å². The quantitative estimate of drug-likeness (QED) is 0.313. The van der Waals surface area contributed by atoms with Crippen molar-refractivity contribution in [2.45, 2.75) is 59.6 Å². The predicted molar refractivity (Wildman–Crippen MR) is 131 cm³/mol. The topological polar surface area (TPSA) is 74.5 Å². The molecule has 29 heavy (non-hydrogen) atoms. The molecular weight excluding hydrogens is 477 g/mol. The lowest BCUT2D eigenvalue weighted by molar-refractivity contribution is 0.181. The first kappa shape index (κ1) is 25.4. The lowest BCUT2D eigenvalue weighted by Crippen LogP contribution is -2.39. The SMILES string of the molecule is CCNC(=NCc1c(C)nn(C)c1C)NCC(O)c1ccc(C(C)(C)C)cc1.I. The van der Waals surface area contributed by atoms with Crippen molar-refractivity contribution < 1.29 is 5.11 Å². The molecular formula is C22H36IN5O. The summed E-state index contributed by atoms with van der Waals surface area (Å²) >= 11 is 0. The average molecular weight is 513 g/mol. The van der Waals surface area contributed by atoms with E-state index in [4.69, 9.17) is 0 Å². The maximum atomic E-state index is 10.5. The summed E-state index contributed by atoms with van der Waals surface area (Å²) in [6.07, 6.45) is -0.597. The standard InChI is InChI=1S/C22H35N5O.HI/c1-8-23-21(24-13-19-15(2)26-27(7)16(19)3)25-14-20(28)17-9-11-18(12-10-17)22(4,5)6;/h9-12,20,28H,8,13-14H2,1-7H3,(H2,23,24,25);1H. The number of rotatable bonds is 6. The molecule has 1 aromatic heterocycles. The normalized spacial score (nSPS) is 13.0. The van der Waals surface area contributed by atoms with Crippen molar-refractivity contribution in [1.82, 2.24) is 20.4 Å². The number of aryl methyl sites for hydroxylation is 2. The summed E-state index contributed by atoms with van der Waals surface area (Å²) in [5.41, 5.74) is 5.52. The third-order valence-corrected chi connectivity index (χ3v) is 5.02. The minimum Gasteiger partial charge on any atom is -0.387 e. The summed E-state index contributed by atoms with van der Waals surface area (Å²) in [6, 6.07) is 8.18. The fourth-order valence-electron chi connectivity index (χ4n) is 3.06. The highest BCUT2D eigenvalue weighted by atomic mass is 127. The van der Waals surface area contributed by atoms with Crippen molar-refractivity contribution in [1.29, 1.82) is 0 Å². The van der Waals surface area contributed by atoms with Crippen molar-refractivity contribution in [3.05, 3.63) is 52.3 Å². The zero-order valence-corrected chi connectivity index (χ0v) is 21.0. The van der Waals surface area contributed by atoms with Crippen molar-refractivity contribution in [2.24, 2.45) is 12.0 Å². The summed E-state index contributed by atoms with van der Waals surface area (Å²) < 4.78 is 1.88. The molecule has 1 aromatic carbocycles. The minimum atomic E-state index is -0.597. The molecule has 3 N–H and O–H groups in total. The second-order valence-electron chi connectivity index (χ2n) is 8.24. The minimum absolute atomic E-state index is 0. The van der Waals surface area contributed by atoms with Crippen LogP contribution in [0.4, 0.5) is 0 Å². The molecule has 2 aromatic rings. The number of aliphatic hydroxyl groups is 1. The molecule has 1 atom stereocenters. The number of aliphatic imine (C=N–C) groups is 1. The van der Waals surface area contributed by atoms with Crippen LogP contribution < -0.4 is 10.6 Å². The third kappa shape index (κ3) is 6.99. The molecule has 162 valence electrons. The van der Waals surface area contributed by atoms with Crippen LogP contribution in [0.25, 0.3) is 0 Å². The van der Waals surface area contributed by atoms with Gasteiger partial charge in [-0.15, -0.1) is 24.0 Å². The van der Waals surface area contributed by atoms with Gasteiger partial charge in [0.25, 0.3) is 0 Å². The van der Waals surface area contributed by atoms with Crippen LogP contribution in [0.3, 0.4) is 0 Å². The summed E-state index contributed by atoms with van der Waals surface area (Å²) in [5.74, 6) is 0.690. The van der Waals surface area contributed by atoms with Crippen LogP contribution in [0.15, 0.2) is 29.3 Å². The first-order valence-electron chi connectivity index (χ1n) is 9.93. The highest BCUT2D eigenvalue weighted by Crippen LogP contribution is 2.23. The van der Waals surface area contributed by atoms with E-state index in [-0.39, 0.29) is 29.4 Å². The van der Waals surface area contributed by atoms with Crippen LogP contribution in [0.2, 0.25) is 0 Å². The van der Waals surface area contributed by atoms with Gasteiger partial charge in [-0.25, -0.2) is 4.99 Å². The molecule has 0 saturated heterocycles. The molecule has 0 saturated carbocycles. The third-order valence-electron chi connectivity index (χ3n) is 5.02. The summed E-state index contributed by atoms with van der Waals surface area (Å²) in [7, 11) is 1.94. The van der Waals surface area contributed by atoms with E-state index in [0.717, 1.165) is 29.1 Å². The Bertz CT molecular complexity index is 806. The molecule has 6 nitrogen and oxygen atoms in total. The summed E-state index contributed by atoms with van der Waals surface area (Å²) in [6.45, 7) is 14.3. The van der Waals surface area contributed by atoms with Crippen molar-refractivity contribution in [2.75, 3.05) is 13.1 Å². The van der Waals surface area contributed by atoms with Gasteiger partial charge in [-0.2, -0.15) is 5.10 Å². The van der Waals surface area contributed by atoms with E-state index < -0.39 is 6.10 Å². The van der Waals surface area contributed by atoms with Gasteiger partial charge in [0.15, 0.2) is 5.96 Å². The summed E-state index contributed by atoms with van der Waals surface area (Å²) in [4.78, 5) is 4.66. The Balaban J connectivity index is 0.00000420. The Morgan fingerprint density at radius 2 is 1.79 bits per heavy atom. The van der Waals surface area contributed by atoms with E-state index in [2.05, 4.69) is 60.6 Å². The molecule has 7 heteroatoms. The Kier molecular flexibility index (Phi) is 9.61. The lowest BCUT2D eigenvalue weighted by atomic mass is 9.86. The highest BCUT2D eigenvalue weighted by molar-refractivity contribution is 14.0. The van der Waals surface area contributed by atoms with Gasteiger partial charge in [0.1, 0.15) is 0 Å². The first-order valence-corrected chi connectivity index (χ1v) is 9.93. The Hall–Kier alpha value is -1.61. The Morgan fingerprint density at radius 3 is 2.28 bits per heavy atom. The zero-order valence-electron chi connectivity index (χ0n) is 18.7. The van der Waals surface area contributed by atoms with E-state index >= 15 is 0 Å². The van der Waals surface area contributed by atoms with Gasteiger partial charge in [-0.1, -0.05) is 45.0 Å². The largest absolute Gasteiger partial charge is 0.387 e. The number of halogens is 1. The van der Waals surface area contributed by atoms with Crippen LogP contribution in [0, 0.1) is 13.8 Å². The molecule has 0 amide bonds. The zero-order chi connectivity index (χ0) is 20.9. The predicted octanol–water partition coefficient (Wildman–Crippen LogP) is 3.74. The molecule has 1 unspecified atom stereocenters. The number of hydrogen-bond donors (Lipinski definition) is 3. The second kappa shape index (κ2) is 11.0. The number of hydrogen-bond acceptors (Lipinski definition) is 3. The van der Waals surface area contributed by atoms with Gasteiger partial charge < -0.3 is 15.7 Å². The van der Waals surface area contributed by atoms with Gasteiger partial charge in [0.2, 0.25) is 0 Å². The fourth-order valence-corrected chi connectivity index (χ4v) is 3.06. The molecule has 0 bridgehead atoms. The number of nitrogens with one attached hydrogen (secondary N) is 2. The fraction of sp³-hybridized carbons (Fsp3) is 0.545. The monoisotopic (exact) mass is 513 g/mol. The molecule has 2 rings (SSSR count). The van der Waals surface area contributed by atoms with E-state index in [1.807, 2.05) is 37.7 Å². The van der Waals surface area contributed by atoms with Crippen molar-refractivity contribution >= 4 is 29.9 Å². The second-order valence-corrected chi connectivity index (χ2v) is 8.24. The van der Waals surface area contributed by atoms with Crippen LogP contribution >= 0.6 is 24.0 Å². The molecule has 0 aliphatic heterocycles. The molecule has 0 aliphatic carbocycles. The van der Waals surface area contributed by atoms with Gasteiger partial charge in [-0.3, -0.25) is 4.68 Å². The molecule has 0 fully saturated rings. The molecule has 0 aliphatic rings. The molecule has 0 radical (unpaired) electrons. The van der Waals surface area contributed by atoms with Gasteiger partial charge in [0, 0.05) is 31.4 Å². The Morgan fingerprint density at radius 1 is 1.17 bits per heavy atom. The number of nitrogens with zero attached hydrogens (tertiary/aromatic N) is 3. The van der Waals surface area contributed by atoms with E-state index in [1.54, 1.807) is 0 Å². The van der Waals surface area contributed by atoms with Crippen LogP contribution in [-0.4, -0.2) is 33.9 Å². The highest BCUT2D eigenvalue weighted by Gasteiger charge is 2.15. The van der Waals surface area contributed by atoms with Gasteiger partial charge >= 0.3 is 0 Å². The van der Waals surface area contributed by atoms with E-state index in [0.29, 0.717) is 19.0 Å². The van der Waals surface area contributed by atoms with Crippen LogP contribution in [-0.2, 0) is 19.0 Å². The Labute approximate surface area is 192 Å². The number of aliphatic hydroxyl groups excluding tert-OH is 1. The number of aromatic nitrogens is 2. The molecule has 0 spiro atoms. The lowest BCUT2D eigenvalue weighted by Gasteiger charge is -2.20. The van der Waals surface area contributed by atoms with E-state index in [9.17, 15) is 5.11 Å².